The monoisotopic (exact) mass is 419 g/mol. The van der Waals surface area contributed by atoms with Crippen LogP contribution in [0.4, 0.5) is 0 Å². The Morgan fingerprint density at radius 3 is 1.42 bits per heavy atom. The number of halogens is 1. The largest absolute Gasteiger partial charge is 0.208 e. The number of hydrogen-bond acceptors (Lipinski definition) is 3. The summed E-state index contributed by atoms with van der Waals surface area (Å²) in [5.41, 5.74) is 4.96. The Balaban J connectivity index is 1.63. The first-order valence-corrected chi connectivity index (χ1v) is 10.4. The second kappa shape index (κ2) is 8.50. The lowest BCUT2D eigenvalue weighted by Gasteiger charge is -2.10. The van der Waals surface area contributed by atoms with E-state index in [-0.39, 0.29) is 0 Å². The van der Waals surface area contributed by atoms with Crippen LogP contribution in [0.2, 0.25) is 5.02 Å². The van der Waals surface area contributed by atoms with Gasteiger partial charge >= 0.3 is 0 Å². The molecule has 0 aliphatic heterocycles. The van der Waals surface area contributed by atoms with Gasteiger partial charge in [0.2, 0.25) is 0 Å². The number of nitrogens with zero attached hydrogens (tertiary/aromatic N) is 3. The van der Waals surface area contributed by atoms with Crippen LogP contribution in [-0.2, 0) is 0 Å². The molecule has 0 saturated carbocycles. The molecule has 0 N–H and O–H groups in total. The van der Waals surface area contributed by atoms with Crippen LogP contribution in [0.25, 0.3) is 45.3 Å². The summed E-state index contributed by atoms with van der Waals surface area (Å²) in [4.78, 5) is 14.2. The van der Waals surface area contributed by atoms with E-state index >= 15 is 0 Å². The van der Waals surface area contributed by atoms with Crippen LogP contribution in [0.1, 0.15) is 0 Å². The molecule has 3 nitrogen and oxygen atoms in total. The lowest BCUT2D eigenvalue weighted by molar-refractivity contribution is 1.07. The summed E-state index contributed by atoms with van der Waals surface area (Å²) >= 11 is 6.44. The van der Waals surface area contributed by atoms with E-state index in [1.54, 1.807) is 0 Å². The fraction of sp³-hybridized carbons (Fsp3) is 0. The summed E-state index contributed by atoms with van der Waals surface area (Å²) in [5.74, 6) is 1.79. The van der Waals surface area contributed by atoms with Crippen LogP contribution < -0.4 is 0 Å². The van der Waals surface area contributed by atoms with E-state index in [4.69, 9.17) is 26.6 Å². The summed E-state index contributed by atoms with van der Waals surface area (Å²) in [7, 11) is 0. The van der Waals surface area contributed by atoms with Crippen molar-refractivity contribution in [1.82, 2.24) is 15.0 Å². The SMILES string of the molecule is Clc1ccccc1-c1nc(-c2ccccc2)nc(-c2ccc(-c3ccccc3)cc2)n1. The molecule has 0 aliphatic carbocycles. The molecule has 0 fully saturated rings. The van der Waals surface area contributed by atoms with Gasteiger partial charge in [0.05, 0.1) is 5.02 Å². The Morgan fingerprint density at radius 2 is 0.806 bits per heavy atom. The molecule has 0 amide bonds. The van der Waals surface area contributed by atoms with E-state index < -0.39 is 0 Å². The maximum Gasteiger partial charge on any atom is 0.165 e. The van der Waals surface area contributed by atoms with Gasteiger partial charge in [-0.3, -0.25) is 0 Å². The van der Waals surface area contributed by atoms with Crippen molar-refractivity contribution < 1.29 is 0 Å². The predicted molar refractivity (Wildman–Crippen MR) is 127 cm³/mol. The normalized spacial score (nSPS) is 10.7. The summed E-state index contributed by atoms with van der Waals surface area (Å²) in [6.45, 7) is 0. The quantitative estimate of drug-likeness (QED) is 0.309. The third kappa shape index (κ3) is 4.09. The van der Waals surface area contributed by atoms with Gasteiger partial charge in [-0.05, 0) is 23.3 Å². The van der Waals surface area contributed by atoms with Gasteiger partial charge in [-0.2, -0.15) is 0 Å². The Hall–Kier alpha value is -3.82. The molecule has 0 radical (unpaired) electrons. The van der Waals surface area contributed by atoms with E-state index in [0.717, 1.165) is 22.3 Å². The van der Waals surface area contributed by atoms with E-state index in [9.17, 15) is 0 Å². The number of benzene rings is 4. The first kappa shape index (κ1) is 19.2. The predicted octanol–water partition coefficient (Wildman–Crippen LogP) is 7.19. The Bertz CT molecular complexity index is 1320. The molecule has 0 saturated heterocycles. The van der Waals surface area contributed by atoms with Gasteiger partial charge in [0, 0.05) is 16.7 Å². The molecule has 0 unspecified atom stereocenters. The van der Waals surface area contributed by atoms with Crippen molar-refractivity contribution in [2.45, 2.75) is 0 Å². The first-order valence-electron chi connectivity index (χ1n) is 10.0. The Morgan fingerprint density at radius 1 is 0.387 bits per heavy atom. The summed E-state index contributed by atoms with van der Waals surface area (Å²) in [5, 5.41) is 0.609. The standard InChI is InChI=1S/C27H18ClN3/c28-24-14-8-7-13-23(24)27-30-25(21-11-5-2-6-12-21)29-26(31-27)22-17-15-20(16-18-22)19-9-3-1-4-10-19/h1-18H. The van der Waals surface area contributed by atoms with Crippen LogP contribution in [0, 0.1) is 0 Å². The van der Waals surface area contributed by atoms with E-state index in [2.05, 4.69) is 24.3 Å². The first-order chi connectivity index (χ1) is 15.3. The maximum atomic E-state index is 6.44. The van der Waals surface area contributed by atoms with Gasteiger partial charge in [0.15, 0.2) is 17.5 Å². The topological polar surface area (TPSA) is 38.7 Å². The minimum atomic E-state index is 0.557. The van der Waals surface area contributed by atoms with Crippen LogP contribution in [0.15, 0.2) is 109 Å². The van der Waals surface area contributed by atoms with Crippen LogP contribution >= 0.6 is 11.6 Å². The fourth-order valence-corrected chi connectivity index (χ4v) is 3.65. The van der Waals surface area contributed by atoms with Crippen molar-refractivity contribution in [2.75, 3.05) is 0 Å². The molecule has 5 aromatic rings. The number of aromatic nitrogens is 3. The highest BCUT2D eigenvalue weighted by Crippen LogP contribution is 2.29. The highest BCUT2D eigenvalue weighted by Gasteiger charge is 2.14. The van der Waals surface area contributed by atoms with Crippen LogP contribution in [0.5, 0.6) is 0 Å². The highest BCUT2D eigenvalue weighted by molar-refractivity contribution is 6.33. The average Bonchev–Trinajstić information content (AvgIpc) is 2.85. The lowest BCUT2D eigenvalue weighted by atomic mass is 10.0. The van der Waals surface area contributed by atoms with Crippen molar-refractivity contribution in [3.05, 3.63) is 114 Å². The number of rotatable bonds is 4. The van der Waals surface area contributed by atoms with Crippen molar-refractivity contribution >= 4 is 11.6 Å². The fourth-order valence-electron chi connectivity index (χ4n) is 3.43. The zero-order valence-corrected chi connectivity index (χ0v) is 17.4. The molecule has 1 heterocycles. The third-order valence-electron chi connectivity index (χ3n) is 5.03. The Kier molecular flexibility index (Phi) is 5.26. The van der Waals surface area contributed by atoms with Crippen molar-refractivity contribution in [1.29, 1.82) is 0 Å². The summed E-state index contributed by atoms with van der Waals surface area (Å²) in [6, 6.07) is 36.1. The molecular weight excluding hydrogens is 402 g/mol. The van der Waals surface area contributed by atoms with Crippen LogP contribution in [0.3, 0.4) is 0 Å². The van der Waals surface area contributed by atoms with E-state index in [1.807, 2.05) is 84.9 Å². The molecule has 0 aliphatic rings. The molecule has 5 rings (SSSR count). The zero-order valence-electron chi connectivity index (χ0n) is 16.6. The minimum absolute atomic E-state index is 0.557. The molecule has 31 heavy (non-hydrogen) atoms. The highest BCUT2D eigenvalue weighted by atomic mass is 35.5. The van der Waals surface area contributed by atoms with Gasteiger partial charge in [0.1, 0.15) is 0 Å². The molecule has 1 aromatic heterocycles. The van der Waals surface area contributed by atoms with Crippen molar-refractivity contribution in [2.24, 2.45) is 0 Å². The molecule has 148 valence electrons. The van der Waals surface area contributed by atoms with Gasteiger partial charge in [-0.1, -0.05) is 109 Å². The van der Waals surface area contributed by atoms with Gasteiger partial charge in [-0.15, -0.1) is 0 Å². The molecule has 4 aromatic carbocycles. The van der Waals surface area contributed by atoms with E-state index in [1.165, 1.54) is 5.56 Å². The minimum Gasteiger partial charge on any atom is -0.208 e. The molecule has 0 atom stereocenters. The maximum absolute atomic E-state index is 6.44. The van der Waals surface area contributed by atoms with Crippen molar-refractivity contribution in [3.8, 4) is 45.3 Å². The third-order valence-corrected chi connectivity index (χ3v) is 5.36. The summed E-state index contributed by atoms with van der Waals surface area (Å²) in [6.07, 6.45) is 0. The van der Waals surface area contributed by atoms with E-state index in [0.29, 0.717) is 22.5 Å². The second-order valence-corrected chi connectivity index (χ2v) is 7.50. The zero-order chi connectivity index (χ0) is 21.0. The van der Waals surface area contributed by atoms with Gasteiger partial charge in [-0.25, -0.2) is 15.0 Å². The average molecular weight is 420 g/mol. The smallest absolute Gasteiger partial charge is 0.165 e. The van der Waals surface area contributed by atoms with Gasteiger partial charge < -0.3 is 0 Å². The van der Waals surface area contributed by atoms with Gasteiger partial charge in [0.25, 0.3) is 0 Å². The number of hydrogen-bond donors (Lipinski definition) is 0. The summed E-state index contributed by atoms with van der Waals surface area (Å²) < 4.78 is 0. The Labute approximate surface area is 186 Å². The van der Waals surface area contributed by atoms with Crippen molar-refractivity contribution in [3.63, 3.8) is 0 Å². The molecular formula is C27H18ClN3. The second-order valence-electron chi connectivity index (χ2n) is 7.10. The lowest BCUT2D eigenvalue weighted by Crippen LogP contribution is -2.00. The molecule has 0 bridgehead atoms. The van der Waals surface area contributed by atoms with Crippen LogP contribution in [-0.4, -0.2) is 15.0 Å². The molecule has 4 heteroatoms. The molecule has 0 spiro atoms.